The van der Waals surface area contributed by atoms with Crippen molar-refractivity contribution in [3.8, 4) is 0 Å². The summed E-state index contributed by atoms with van der Waals surface area (Å²) >= 11 is 7.51. The molecule has 4 fully saturated rings. The smallest absolute Gasteiger partial charge is 0.315 e. The van der Waals surface area contributed by atoms with Gasteiger partial charge in [0.2, 0.25) is 29.5 Å². The number of rotatable bonds is 22. The van der Waals surface area contributed by atoms with Crippen LogP contribution in [-0.4, -0.2) is 200 Å². The van der Waals surface area contributed by atoms with Gasteiger partial charge in [-0.1, -0.05) is 25.0 Å². The molecule has 6 heterocycles. The quantitative estimate of drug-likeness (QED) is 0.0224. The van der Waals surface area contributed by atoms with Crippen molar-refractivity contribution in [1.29, 1.82) is 0 Å². The number of imidazole rings is 1. The number of imide groups is 1. The molecule has 74 heavy (non-hydrogen) atoms. The van der Waals surface area contributed by atoms with Crippen LogP contribution in [0.4, 0.5) is 10.5 Å². The molecule has 8 N–H and O–H groups in total. The molecule has 4 atom stereocenters. The molecule has 0 saturated carbocycles. The molecule has 0 unspecified atom stereocenters. The number of thiocarbonyl (C=S) groups is 1. The number of aromatic nitrogens is 2. The highest BCUT2D eigenvalue weighted by Gasteiger charge is 2.42. The van der Waals surface area contributed by atoms with Gasteiger partial charge in [0, 0.05) is 125 Å². The lowest BCUT2D eigenvalue weighted by atomic mass is 10.0. The summed E-state index contributed by atoms with van der Waals surface area (Å²) < 4.78 is 0. The van der Waals surface area contributed by atoms with Crippen molar-refractivity contribution in [1.82, 2.24) is 66.4 Å². The normalized spacial score (nSPS) is 19.6. The second-order valence-electron chi connectivity index (χ2n) is 18.6. The van der Waals surface area contributed by atoms with Gasteiger partial charge in [0.25, 0.3) is 11.8 Å². The highest BCUT2D eigenvalue weighted by atomic mass is 32.2. The van der Waals surface area contributed by atoms with Crippen molar-refractivity contribution in [2.24, 2.45) is 0 Å². The van der Waals surface area contributed by atoms with Gasteiger partial charge in [-0.25, -0.2) is 9.78 Å². The third-order valence-corrected chi connectivity index (χ3v) is 15.1. The fourth-order valence-electron chi connectivity index (χ4n) is 9.19. The van der Waals surface area contributed by atoms with Crippen LogP contribution in [0.1, 0.15) is 62.6 Å². The number of anilines is 1. The van der Waals surface area contributed by atoms with Crippen molar-refractivity contribution in [2.75, 3.05) is 83.1 Å². The number of benzene rings is 1. The number of fused-ring (bicyclic) bond motifs is 1. The van der Waals surface area contributed by atoms with Crippen molar-refractivity contribution in [3.05, 3.63) is 60.2 Å². The van der Waals surface area contributed by atoms with E-state index >= 15 is 0 Å². The highest BCUT2D eigenvalue weighted by Crippen LogP contribution is 2.33. The summed E-state index contributed by atoms with van der Waals surface area (Å²) in [5, 5.41) is 20.8. The largest absolute Gasteiger partial charge is 0.352 e. The Kier molecular flexibility index (Phi) is 19.8. The summed E-state index contributed by atoms with van der Waals surface area (Å²) in [5.74, 6) is -2.75. The molecule has 4 saturated heterocycles. The summed E-state index contributed by atoms with van der Waals surface area (Å²) in [6, 6.07) is 6.87. The van der Waals surface area contributed by atoms with E-state index in [9.17, 15) is 47.9 Å². The number of piperazine rings is 2. The van der Waals surface area contributed by atoms with Gasteiger partial charge in [-0.15, -0.1) is 0 Å². The third-order valence-electron chi connectivity index (χ3n) is 13.4. The Morgan fingerprint density at radius 3 is 2.00 bits per heavy atom. The number of hydrogen-bond donors (Lipinski definition) is 8. The fourth-order valence-corrected chi connectivity index (χ4v) is 11.0. The van der Waals surface area contributed by atoms with E-state index in [2.05, 4.69) is 47.2 Å². The summed E-state index contributed by atoms with van der Waals surface area (Å²) in [7, 11) is 0. The Balaban J connectivity index is 0.757. The number of urea groups is 1. The third kappa shape index (κ3) is 15.7. The average molecular weight is 1060 g/mol. The van der Waals surface area contributed by atoms with Crippen molar-refractivity contribution in [2.45, 2.75) is 87.7 Å². The van der Waals surface area contributed by atoms with Crippen LogP contribution in [0.5, 0.6) is 0 Å². The zero-order chi connectivity index (χ0) is 52.6. The number of carbonyl (C=O) groups excluding carboxylic acids is 10. The molecule has 7 rings (SSSR count). The van der Waals surface area contributed by atoms with E-state index in [0.717, 1.165) is 35.5 Å². The van der Waals surface area contributed by atoms with Crippen LogP contribution in [0, 0.1) is 0 Å². The van der Waals surface area contributed by atoms with E-state index < -0.39 is 23.8 Å². The SMILES string of the molecule is O=C(CCCCCN1C(=O)C=CC1=O)NCC(=O)NCC(=O)N1CCN(C(=O)C(=O)N2CCN(C(=O)[C@H](Cc3cnc[nH]3)NC(=S)Nc3ccc(CNC(=O)CCCC[C@@H]4SC[C@@H]5NC(=O)N[C@@H]54)cc3)CC2)CC1. The predicted molar refractivity (Wildman–Crippen MR) is 274 cm³/mol. The maximum Gasteiger partial charge on any atom is 0.315 e. The first-order chi connectivity index (χ1) is 35.7. The van der Waals surface area contributed by atoms with Gasteiger partial charge in [0.1, 0.15) is 6.04 Å². The van der Waals surface area contributed by atoms with Gasteiger partial charge in [0.15, 0.2) is 5.11 Å². The summed E-state index contributed by atoms with van der Waals surface area (Å²) in [4.78, 5) is 140. The van der Waals surface area contributed by atoms with Crippen LogP contribution in [0.2, 0.25) is 0 Å². The molecule has 5 aliphatic heterocycles. The van der Waals surface area contributed by atoms with Crippen LogP contribution < -0.4 is 37.2 Å². The maximum atomic E-state index is 14.0. The average Bonchev–Trinajstić information content (AvgIpc) is 4.21. The zero-order valence-corrected chi connectivity index (χ0v) is 42.7. The van der Waals surface area contributed by atoms with E-state index in [-0.39, 0.29) is 144 Å². The first-order valence-corrected chi connectivity index (χ1v) is 26.5. The molecule has 0 spiro atoms. The Hall–Kier alpha value is -7.09. The molecule has 26 heteroatoms. The molecule has 11 amide bonds. The van der Waals surface area contributed by atoms with Gasteiger partial charge in [-0.05, 0) is 55.6 Å². The monoisotopic (exact) mass is 1060 g/mol. The standard InChI is InChI=1S/C48H64N14O10S2/c63-37(8-4-3-6-36-43-35(29-74-36)55-47(72)57-43)50-25-31-9-11-32(12-10-31)54-48(73)56-34(24-33-26-49-30-53-33)44(69)59-20-22-61(23-21-59)46(71)45(70)60-18-16-58(17-19-60)42(68)28-52-39(65)27-51-38(64)7-2-1-5-15-62-40(66)13-14-41(62)67/h9-14,26,30,34-36,43H,1-8,15-25,27-29H2,(H,49,53)(H,50,63)(H,51,64)(H,52,65)(H2,54,56,73)(H2,55,57,72)/t34-,35-,36-,43-/m0/s1. The van der Waals surface area contributed by atoms with E-state index in [0.29, 0.717) is 48.9 Å². The van der Waals surface area contributed by atoms with E-state index in [1.807, 2.05) is 36.0 Å². The van der Waals surface area contributed by atoms with Crippen LogP contribution in [-0.2, 0) is 56.1 Å². The maximum absolute atomic E-state index is 14.0. The molecular formula is C48H64N14O10S2. The zero-order valence-electron chi connectivity index (χ0n) is 41.1. The van der Waals surface area contributed by atoms with Crippen LogP contribution in [0.15, 0.2) is 48.9 Å². The first kappa shape index (κ1) is 54.7. The lowest BCUT2D eigenvalue weighted by Gasteiger charge is -2.38. The molecule has 2 aromatic rings. The van der Waals surface area contributed by atoms with Gasteiger partial charge >= 0.3 is 17.8 Å². The Morgan fingerprint density at radius 2 is 1.34 bits per heavy atom. The fraction of sp³-hybridized carbons (Fsp3) is 0.542. The highest BCUT2D eigenvalue weighted by molar-refractivity contribution is 8.00. The van der Waals surface area contributed by atoms with Gasteiger partial charge in [-0.2, -0.15) is 11.8 Å². The van der Waals surface area contributed by atoms with Gasteiger partial charge in [-0.3, -0.25) is 48.1 Å². The number of nitrogens with one attached hydrogen (secondary N) is 8. The molecule has 24 nitrogen and oxygen atoms in total. The van der Waals surface area contributed by atoms with E-state index in [1.165, 1.54) is 33.2 Å². The predicted octanol–water partition coefficient (Wildman–Crippen LogP) is -1.29. The number of aromatic amines is 1. The lowest BCUT2D eigenvalue weighted by molar-refractivity contribution is -0.155. The minimum atomic E-state index is -0.795. The van der Waals surface area contributed by atoms with Crippen LogP contribution in [0.3, 0.4) is 0 Å². The van der Waals surface area contributed by atoms with Crippen LogP contribution in [0.25, 0.3) is 0 Å². The molecule has 0 radical (unpaired) electrons. The minimum absolute atomic E-state index is 0.0264. The Labute approximate surface area is 437 Å². The molecule has 0 aliphatic carbocycles. The number of carbonyl (C=O) groups is 10. The Bertz CT molecular complexity index is 2410. The number of hydrogen-bond acceptors (Lipinski definition) is 13. The Morgan fingerprint density at radius 1 is 0.716 bits per heavy atom. The number of unbranched alkanes of at least 4 members (excludes halogenated alkanes) is 3. The topological polar surface area (TPSA) is 300 Å². The van der Waals surface area contributed by atoms with Crippen molar-refractivity contribution < 1.29 is 47.9 Å². The molecule has 5 aliphatic rings. The summed E-state index contributed by atoms with van der Waals surface area (Å²) in [5.41, 5.74) is 2.28. The second-order valence-corrected chi connectivity index (χ2v) is 20.3. The second kappa shape index (κ2) is 26.7. The minimum Gasteiger partial charge on any atom is -0.352 e. The van der Waals surface area contributed by atoms with Crippen LogP contribution >= 0.6 is 24.0 Å². The molecule has 398 valence electrons. The molecule has 1 aromatic heterocycles. The summed E-state index contributed by atoms with van der Waals surface area (Å²) in [6.07, 6.45) is 10.7. The van der Waals surface area contributed by atoms with Gasteiger partial charge < -0.3 is 61.8 Å². The number of amides is 11. The molecular weight excluding hydrogens is 997 g/mol. The van der Waals surface area contributed by atoms with E-state index in [4.69, 9.17) is 12.2 Å². The number of nitrogens with zero attached hydrogens (tertiary/aromatic N) is 6. The molecule has 0 bridgehead atoms. The lowest BCUT2D eigenvalue weighted by Crippen LogP contribution is -2.59. The number of H-pyrrole nitrogens is 1. The van der Waals surface area contributed by atoms with Crippen molar-refractivity contribution in [3.63, 3.8) is 0 Å². The van der Waals surface area contributed by atoms with Gasteiger partial charge in [0.05, 0.1) is 31.5 Å². The summed E-state index contributed by atoms with van der Waals surface area (Å²) in [6.45, 7) is 1.17. The molecule has 1 aromatic carbocycles. The number of thioether (sulfide) groups is 1. The van der Waals surface area contributed by atoms with Crippen molar-refractivity contribution >= 4 is 94.0 Å². The van der Waals surface area contributed by atoms with E-state index in [1.54, 1.807) is 11.1 Å². The first-order valence-electron chi connectivity index (χ1n) is 25.0.